The largest absolute Gasteiger partial charge is 0.508 e. The van der Waals surface area contributed by atoms with Crippen molar-refractivity contribution in [3.63, 3.8) is 0 Å². The predicted molar refractivity (Wildman–Crippen MR) is 131 cm³/mol. The van der Waals surface area contributed by atoms with E-state index < -0.39 is 4.92 Å². The van der Waals surface area contributed by atoms with E-state index in [2.05, 4.69) is 31.4 Å². The smallest absolute Gasteiger partial charge is 0.270 e. The molecule has 1 aliphatic carbocycles. The Bertz CT molecular complexity index is 977. The van der Waals surface area contributed by atoms with Gasteiger partial charge in [0.1, 0.15) is 12.4 Å². The molecule has 0 aliphatic heterocycles. The SMILES string of the molecule is CC(C)[C@@H]1CC[C@@H](C)C[C@H]1OCC(=O)NCc1ccc(NCc2cc([N+](=O)[O-])ccc2O)cc1. The van der Waals surface area contributed by atoms with E-state index in [9.17, 15) is 20.0 Å². The average Bonchev–Trinajstić information content (AvgIpc) is 2.81. The lowest BCUT2D eigenvalue weighted by atomic mass is 9.75. The van der Waals surface area contributed by atoms with Crippen LogP contribution in [-0.2, 0) is 22.6 Å². The molecule has 3 N–H and O–H groups in total. The summed E-state index contributed by atoms with van der Waals surface area (Å²) in [5.41, 5.74) is 2.12. The molecular weight excluding hydrogens is 434 g/mol. The number of aromatic hydroxyl groups is 1. The molecule has 2 aromatic rings. The van der Waals surface area contributed by atoms with Crippen LogP contribution in [0.4, 0.5) is 11.4 Å². The molecule has 0 radical (unpaired) electrons. The first-order valence-electron chi connectivity index (χ1n) is 11.9. The highest BCUT2D eigenvalue weighted by Gasteiger charge is 2.31. The molecule has 3 atom stereocenters. The number of nitro groups is 1. The number of amides is 1. The number of nitro benzene ring substituents is 1. The molecular formula is C26H35N3O5. The maximum absolute atomic E-state index is 12.3. The molecule has 1 amide bonds. The van der Waals surface area contributed by atoms with E-state index in [1.165, 1.54) is 24.6 Å². The summed E-state index contributed by atoms with van der Waals surface area (Å²) >= 11 is 0. The Hall–Kier alpha value is -3.13. The van der Waals surface area contributed by atoms with Gasteiger partial charge >= 0.3 is 0 Å². The van der Waals surface area contributed by atoms with Gasteiger partial charge in [0.05, 0.1) is 11.0 Å². The van der Waals surface area contributed by atoms with Gasteiger partial charge in [0.2, 0.25) is 5.91 Å². The highest BCUT2D eigenvalue weighted by Crippen LogP contribution is 2.35. The Balaban J connectivity index is 1.44. The van der Waals surface area contributed by atoms with Gasteiger partial charge in [-0.2, -0.15) is 0 Å². The molecule has 0 unspecified atom stereocenters. The zero-order chi connectivity index (χ0) is 24.7. The number of nitrogens with zero attached hydrogens (tertiary/aromatic N) is 1. The van der Waals surface area contributed by atoms with Gasteiger partial charge in [-0.25, -0.2) is 0 Å². The summed E-state index contributed by atoms with van der Waals surface area (Å²) in [4.78, 5) is 22.8. The topological polar surface area (TPSA) is 114 Å². The molecule has 0 spiro atoms. The standard InChI is InChI=1S/C26H35N3O5/c1-17(2)23-10-4-18(3)12-25(23)34-16-26(31)28-14-19-5-7-21(8-6-19)27-15-20-13-22(29(32)33)9-11-24(20)30/h5-9,11,13,17-18,23,25,27,30H,4,10,12,14-16H2,1-3H3,(H,28,31)/t18-,23+,25-/m1/s1. The van der Waals surface area contributed by atoms with E-state index in [-0.39, 0.29) is 36.6 Å². The van der Waals surface area contributed by atoms with Crippen molar-refractivity contribution in [2.24, 2.45) is 17.8 Å². The van der Waals surface area contributed by atoms with Crippen molar-refractivity contribution in [1.29, 1.82) is 0 Å². The summed E-state index contributed by atoms with van der Waals surface area (Å²) in [6, 6.07) is 11.5. The number of carbonyl (C=O) groups is 1. The van der Waals surface area contributed by atoms with Crippen LogP contribution in [0.15, 0.2) is 42.5 Å². The zero-order valence-electron chi connectivity index (χ0n) is 20.1. The van der Waals surface area contributed by atoms with Crippen LogP contribution in [0.1, 0.15) is 51.2 Å². The second-order valence-electron chi connectivity index (χ2n) is 9.57. The third-order valence-electron chi connectivity index (χ3n) is 6.59. The molecule has 0 saturated heterocycles. The van der Waals surface area contributed by atoms with Gasteiger partial charge < -0.3 is 20.5 Å². The molecule has 0 heterocycles. The minimum Gasteiger partial charge on any atom is -0.508 e. The van der Waals surface area contributed by atoms with Crippen molar-refractivity contribution in [2.45, 2.75) is 59.2 Å². The number of phenols is 1. The number of carbonyl (C=O) groups excluding carboxylic acids is 1. The minimum absolute atomic E-state index is 0.00190. The second-order valence-corrected chi connectivity index (χ2v) is 9.57. The Morgan fingerprint density at radius 1 is 1.18 bits per heavy atom. The van der Waals surface area contributed by atoms with Crippen LogP contribution in [0.25, 0.3) is 0 Å². The van der Waals surface area contributed by atoms with E-state index in [4.69, 9.17) is 4.74 Å². The van der Waals surface area contributed by atoms with Crippen LogP contribution in [0.2, 0.25) is 0 Å². The molecule has 0 bridgehead atoms. The van der Waals surface area contributed by atoms with Crippen molar-refractivity contribution >= 4 is 17.3 Å². The fourth-order valence-corrected chi connectivity index (χ4v) is 4.51. The molecule has 8 heteroatoms. The van der Waals surface area contributed by atoms with Crippen molar-refractivity contribution in [3.8, 4) is 5.75 Å². The van der Waals surface area contributed by atoms with E-state index in [0.717, 1.165) is 24.1 Å². The number of hydrogen-bond donors (Lipinski definition) is 3. The summed E-state index contributed by atoms with van der Waals surface area (Å²) in [6.45, 7) is 7.43. The zero-order valence-corrected chi connectivity index (χ0v) is 20.1. The second kappa shape index (κ2) is 11.8. The molecule has 8 nitrogen and oxygen atoms in total. The first-order valence-corrected chi connectivity index (χ1v) is 11.9. The highest BCUT2D eigenvalue weighted by atomic mass is 16.6. The van der Waals surface area contributed by atoms with E-state index in [0.29, 0.717) is 29.9 Å². The molecule has 184 valence electrons. The number of nitrogens with one attached hydrogen (secondary N) is 2. The van der Waals surface area contributed by atoms with Crippen molar-refractivity contribution in [2.75, 3.05) is 11.9 Å². The van der Waals surface area contributed by atoms with Gasteiger partial charge in [-0.3, -0.25) is 14.9 Å². The van der Waals surface area contributed by atoms with Gasteiger partial charge in [-0.1, -0.05) is 39.3 Å². The number of anilines is 1. The quantitative estimate of drug-likeness (QED) is 0.333. The van der Waals surface area contributed by atoms with Crippen molar-refractivity contribution < 1.29 is 19.6 Å². The van der Waals surface area contributed by atoms with E-state index >= 15 is 0 Å². The monoisotopic (exact) mass is 469 g/mol. The van der Waals surface area contributed by atoms with Crippen LogP contribution in [0.5, 0.6) is 5.75 Å². The minimum atomic E-state index is -0.491. The molecule has 1 saturated carbocycles. The number of phenolic OH excluding ortho intramolecular Hbond substituents is 1. The molecule has 1 aliphatic rings. The lowest BCUT2D eigenvalue weighted by Crippen LogP contribution is -2.37. The maximum atomic E-state index is 12.3. The Morgan fingerprint density at radius 3 is 2.59 bits per heavy atom. The lowest BCUT2D eigenvalue weighted by Gasteiger charge is -2.37. The third-order valence-corrected chi connectivity index (χ3v) is 6.59. The van der Waals surface area contributed by atoms with Crippen molar-refractivity contribution in [1.82, 2.24) is 5.32 Å². The van der Waals surface area contributed by atoms with Crippen LogP contribution < -0.4 is 10.6 Å². The van der Waals surface area contributed by atoms with Crippen molar-refractivity contribution in [3.05, 3.63) is 63.7 Å². The van der Waals surface area contributed by atoms with Gasteiger partial charge in [-0.05, 0) is 54.4 Å². The summed E-state index contributed by atoms with van der Waals surface area (Å²) in [7, 11) is 0. The first kappa shape index (κ1) is 25.5. The summed E-state index contributed by atoms with van der Waals surface area (Å²) in [5.74, 6) is 1.57. The van der Waals surface area contributed by atoms with Crippen LogP contribution >= 0.6 is 0 Å². The van der Waals surface area contributed by atoms with Gasteiger partial charge in [0.25, 0.3) is 5.69 Å². The number of non-ortho nitro benzene ring substituents is 1. The summed E-state index contributed by atoms with van der Waals surface area (Å²) in [6.07, 6.45) is 3.54. The summed E-state index contributed by atoms with van der Waals surface area (Å²) < 4.78 is 6.02. The van der Waals surface area contributed by atoms with E-state index in [1.807, 2.05) is 24.3 Å². The van der Waals surface area contributed by atoms with Gasteiger partial charge in [0.15, 0.2) is 0 Å². The van der Waals surface area contributed by atoms with Crippen LogP contribution in [-0.4, -0.2) is 28.6 Å². The van der Waals surface area contributed by atoms with Crippen LogP contribution in [0, 0.1) is 27.9 Å². The molecule has 0 aromatic heterocycles. The molecule has 34 heavy (non-hydrogen) atoms. The van der Waals surface area contributed by atoms with Gasteiger partial charge in [0, 0.05) is 36.5 Å². The predicted octanol–water partition coefficient (Wildman–Crippen LogP) is 5.01. The van der Waals surface area contributed by atoms with Crippen LogP contribution in [0.3, 0.4) is 0 Å². The summed E-state index contributed by atoms with van der Waals surface area (Å²) in [5, 5.41) is 26.9. The number of ether oxygens (including phenoxy) is 1. The Kier molecular flexibility index (Phi) is 8.87. The molecule has 2 aromatic carbocycles. The molecule has 3 rings (SSSR count). The Labute approximate surface area is 200 Å². The Morgan fingerprint density at radius 2 is 1.91 bits per heavy atom. The fourth-order valence-electron chi connectivity index (χ4n) is 4.51. The average molecular weight is 470 g/mol. The lowest BCUT2D eigenvalue weighted by molar-refractivity contribution is -0.384. The first-order chi connectivity index (χ1) is 16.2. The molecule has 1 fully saturated rings. The highest BCUT2D eigenvalue weighted by molar-refractivity contribution is 5.77. The van der Waals surface area contributed by atoms with Gasteiger partial charge in [-0.15, -0.1) is 0 Å². The fraction of sp³-hybridized carbons (Fsp3) is 0.500. The normalized spacial score (nSPS) is 20.2. The van der Waals surface area contributed by atoms with E-state index in [1.54, 1.807) is 0 Å². The number of rotatable bonds is 10. The number of hydrogen-bond acceptors (Lipinski definition) is 6. The number of benzene rings is 2. The maximum Gasteiger partial charge on any atom is 0.270 e. The third kappa shape index (κ3) is 7.18.